The van der Waals surface area contributed by atoms with Crippen molar-refractivity contribution in [3.05, 3.63) is 77.7 Å². The molecule has 0 aliphatic carbocycles. The fourth-order valence-electron chi connectivity index (χ4n) is 2.29. The zero-order valence-corrected chi connectivity index (χ0v) is 10.8. The van der Waals surface area contributed by atoms with Crippen LogP contribution in [0.3, 0.4) is 0 Å². The third-order valence-corrected chi connectivity index (χ3v) is 3.48. The van der Waals surface area contributed by atoms with Gasteiger partial charge in [0.25, 0.3) is 0 Å². The average molecular weight is 260 g/mol. The normalized spacial score (nSPS) is 14.2. The highest BCUT2D eigenvalue weighted by molar-refractivity contribution is 5.42. The van der Waals surface area contributed by atoms with E-state index in [4.69, 9.17) is 5.73 Å². The van der Waals surface area contributed by atoms with Crippen molar-refractivity contribution < 1.29 is 8.78 Å². The topological polar surface area (TPSA) is 26.0 Å². The van der Waals surface area contributed by atoms with Crippen molar-refractivity contribution in [1.29, 1.82) is 0 Å². The first kappa shape index (κ1) is 13.7. The van der Waals surface area contributed by atoms with Crippen LogP contribution in [0.5, 0.6) is 0 Å². The molecule has 2 aromatic carbocycles. The zero-order chi connectivity index (χ0) is 14.0. The predicted molar refractivity (Wildman–Crippen MR) is 72.5 cm³/mol. The van der Waals surface area contributed by atoms with Gasteiger partial charge in [-0.15, -0.1) is 0 Å². The maximum atomic E-state index is 13.7. The summed E-state index contributed by atoms with van der Waals surface area (Å²) in [6, 6.07) is 10.8. The number of nitrogens with two attached hydrogens (primary N) is 1. The predicted octanol–water partition coefficient (Wildman–Crippen LogP) is 3.70. The Kier molecular flexibility index (Phi) is 3.67. The smallest absolute Gasteiger partial charge is 0.126 e. The van der Waals surface area contributed by atoms with Gasteiger partial charge in [0.15, 0.2) is 0 Å². The first-order chi connectivity index (χ1) is 8.99. The Morgan fingerprint density at radius 3 is 2.47 bits per heavy atom. The Hall–Kier alpha value is -1.74. The minimum absolute atomic E-state index is 0.306. The summed E-state index contributed by atoms with van der Waals surface area (Å²) in [6.07, 6.45) is 0.306. The summed E-state index contributed by atoms with van der Waals surface area (Å²) in [5.41, 5.74) is 7.09. The first-order valence-electron chi connectivity index (χ1n) is 6.09. The van der Waals surface area contributed by atoms with Crippen molar-refractivity contribution in [3.63, 3.8) is 0 Å². The second-order valence-electron chi connectivity index (χ2n) is 4.64. The molecule has 0 fully saturated rings. The van der Waals surface area contributed by atoms with Crippen LogP contribution in [0.2, 0.25) is 0 Å². The van der Waals surface area contributed by atoms with Gasteiger partial charge in [-0.25, -0.2) is 8.78 Å². The van der Waals surface area contributed by atoms with E-state index in [1.54, 1.807) is 31.2 Å². The monoisotopic (exact) mass is 260 g/mol. The van der Waals surface area contributed by atoms with E-state index in [0.29, 0.717) is 23.1 Å². The van der Waals surface area contributed by atoms with Gasteiger partial charge in [0.1, 0.15) is 11.6 Å². The Labute approximate surface area is 112 Å². The van der Waals surface area contributed by atoms with Gasteiger partial charge in [0.05, 0.1) is 5.54 Å². The van der Waals surface area contributed by atoms with E-state index < -0.39 is 5.54 Å². The second-order valence-corrected chi connectivity index (χ2v) is 4.64. The molecule has 0 bridgehead atoms. The molecule has 19 heavy (non-hydrogen) atoms. The third-order valence-electron chi connectivity index (χ3n) is 3.48. The second kappa shape index (κ2) is 5.10. The summed E-state index contributed by atoms with van der Waals surface area (Å²) < 4.78 is 27.1. The van der Waals surface area contributed by atoms with E-state index >= 15 is 0 Å². The van der Waals surface area contributed by atoms with E-state index in [9.17, 15) is 8.78 Å². The number of benzene rings is 2. The van der Waals surface area contributed by atoms with Gasteiger partial charge in [-0.1, -0.05) is 31.2 Å². The molecular formula is C16H16F2N. The van der Waals surface area contributed by atoms with Gasteiger partial charge in [-0.05, 0) is 48.2 Å². The van der Waals surface area contributed by atoms with Crippen molar-refractivity contribution in [2.45, 2.75) is 18.9 Å². The molecule has 0 amide bonds. The van der Waals surface area contributed by atoms with Gasteiger partial charge in [0, 0.05) is 0 Å². The maximum Gasteiger partial charge on any atom is 0.126 e. The van der Waals surface area contributed by atoms with Crippen molar-refractivity contribution in [2.75, 3.05) is 0 Å². The Morgan fingerprint density at radius 2 is 1.84 bits per heavy atom. The maximum absolute atomic E-state index is 13.7. The van der Waals surface area contributed by atoms with E-state index in [1.165, 1.54) is 18.2 Å². The number of rotatable bonds is 3. The van der Waals surface area contributed by atoms with Crippen molar-refractivity contribution >= 4 is 0 Å². The summed E-state index contributed by atoms with van der Waals surface area (Å²) in [5, 5.41) is 0. The minimum atomic E-state index is -0.992. The largest absolute Gasteiger partial charge is 0.318 e. The molecule has 3 heteroatoms. The molecule has 2 aromatic rings. The molecule has 0 aliphatic rings. The lowest BCUT2D eigenvalue weighted by Crippen LogP contribution is -2.38. The molecule has 0 saturated carbocycles. The molecule has 1 atom stereocenters. The van der Waals surface area contributed by atoms with E-state index in [1.807, 2.05) is 0 Å². The molecule has 0 saturated heterocycles. The van der Waals surface area contributed by atoms with Crippen LogP contribution in [0.1, 0.15) is 23.1 Å². The Morgan fingerprint density at radius 1 is 1.16 bits per heavy atom. The summed E-state index contributed by atoms with van der Waals surface area (Å²) in [7, 11) is 0. The third kappa shape index (κ3) is 2.38. The Balaban J connectivity index is 2.63. The SMILES string of the molecule is [CH2]CC(N)(c1cccc(F)c1)c1cccc(F)c1C. The lowest BCUT2D eigenvalue weighted by atomic mass is 9.79. The highest BCUT2D eigenvalue weighted by Gasteiger charge is 2.30. The van der Waals surface area contributed by atoms with Crippen LogP contribution in [0.15, 0.2) is 42.5 Å². The molecule has 0 aliphatic heterocycles. The minimum Gasteiger partial charge on any atom is -0.318 e. The van der Waals surface area contributed by atoms with Crippen LogP contribution in [-0.4, -0.2) is 0 Å². The molecule has 2 rings (SSSR count). The van der Waals surface area contributed by atoms with Gasteiger partial charge in [-0.2, -0.15) is 0 Å². The van der Waals surface area contributed by atoms with Crippen molar-refractivity contribution in [2.24, 2.45) is 5.73 Å². The molecule has 0 aromatic heterocycles. The van der Waals surface area contributed by atoms with Crippen LogP contribution in [0.4, 0.5) is 8.78 Å². The van der Waals surface area contributed by atoms with Crippen LogP contribution in [-0.2, 0) is 5.54 Å². The van der Waals surface area contributed by atoms with E-state index in [-0.39, 0.29) is 11.6 Å². The van der Waals surface area contributed by atoms with Crippen molar-refractivity contribution in [3.8, 4) is 0 Å². The summed E-state index contributed by atoms with van der Waals surface area (Å²) in [6.45, 7) is 5.51. The molecule has 0 heterocycles. The van der Waals surface area contributed by atoms with Crippen LogP contribution in [0.25, 0.3) is 0 Å². The molecule has 99 valence electrons. The first-order valence-corrected chi connectivity index (χ1v) is 6.09. The lowest BCUT2D eigenvalue weighted by molar-refractivity contribution is 0.523. The lowest BCUT2D eigenvalue weighted by Gasteiger charge is -2.31. The Bertz CT molecular complexity index is 595. The summed E-state index contributed by atoms with van der Waals surface area (Å²) in [5.74, 6) is -0.688. The standard InChI is InChI=1S/C16H16F2N/c1-3-16(19,12-6-4-7-13(17)10-12)14-8-5-9-15(18)11(14)2/h4-10H,1,3,19H2,2H3. The highest BCUT2D eigenvalue weighted by Crippen LogP contribution is 2.33. The van der Waals surface area contributed by atoms with Crippen LogP contribution < -0.4 is 5.73 Å². The van der Waals surface area contributed by atoms with Crippen LogP contribution in [0, 0.1) is 25.5 Å². The molecule has 0 spiro atoms. The number of halogens is 2. The number of hydrogen-bond acceptors (Lipinski definition) is 1. The van der Waals surface area contributed by atoms with Crippen LogP contribution >= 0.6 is 0 Å². The molecule has 1 radical (unpaired) electrons. The molecule has 2 N–H and O–H groups in total. The number of hydrogen-bond donors (Lipinski definition) is 1. The van der Waals surface area contributed by atoms with Gasteiger partial charge >= 0.3 is 0 Å². The summed E-state index contributed by atoms with van der Waals surface area (Å²) in [4.78, 5) is 0. The van der Waals surface area contributed by atoms with E-state index in [2.05, 4.69) is 6.92 Å². The zero-order valence-electron chi connectivity index (χ0n) is 10.8. The van der Waals surface area contributed by atoms with Crippen molar-refractivity contribution in [1.82, 2.24) is 0 Å². The van der Waals surface area contributed by atoms with Gasteiger partial charge in [0.2, 0.25) is 0 Å². The quantitative estimate of drug-likeness (QED) is 0.894. The molecule has 1 nitrogen and oxygen atoms in total. The van der Waals surface area contributed by atoms with Gasteiger partial charge in [-0.3, -0.25) is 0 Å². The average Bonchev–Trinajstić information content (AvgIpc) is 2.41. The molecule has 1 unspecified atom stereocenters. The fourth-order valence-corrected chi connectivity index (χ4v) is 2.29. The summed E-state index contributed by atoms with van der Waals surface area (Å²) >= 11 is 0. The fraction of sp³-hybridized carbons (Fsp3) is 0.188. The molecular weight excluding hydrogens is 244 g/mol. The van der Waals surface area contributed by atoms with E-state index in [0.717, 1.165) is 0 Å². The highest BCUT2D eigenvalue weighted by atomic mass is 19.1. The van der Waals surface area contributed by atoms with Gasteiger partial charge < -0.3 is 5.73 Å².